The van der Waals surface area contributed by atoms with Crippen molar-refractivity contribution in [1.82, 2.24) is 24.8 Å². The number of ether oxygens (including phenoxy) is 1. The van der Waals surface area contributed by atoms with Gasteiger partial charge in [0.25, 0.3) is 5.91 Å². The molecule has 0 saturated carbocycles. The topological polar surface area (TPSA) is 96.1 Å². The Labute approximate surface area is 146 Å². The minimum atomic E-state index is -0.238. The van der Waals surface area contributed by atoms with Crippen LogP contribution in [0.1, 0.15) is 27.8 Å². The molecule has 0 radical (unpaired) electrons. The molecule has 25 heavy (non-hydrogen) atoms. The number of carbonyl (C=O) groups is 1. The maximum absolute atomic E-state index is 12.3. The fraction of sp³-hybridized carbons (Fsp3) is 0.412. The predicted octanol–water partition coefficient (Wildman–Crippen LogP) is 0.488. The Bertz CT molecular complexity index is 779. The van der Waals surface area contributed by atoms with Gasteiger partial charge in [0.05, 0.1) is 36.3 Å². The summed E-state index contributed by atoms with van der Waals surface area (Å²) in [5, 5.41) is 11.7. The fourth-order valence-electron chi connectivity index (χ4n) is 2.99. The lowest BCUT2D eigenvalue weighted by atomic mass is 10.0. The SMILES string of the molecule is CN1CCO[C@@H](CNC(=O)c2ccc(C#N)nc2)[C@@H]1c1cncn1C. The number of hydrogen-bond donors (Lipinski definition) is 1. The molecular weight excluding hydrogens is 320 g/mol. The minimum Gasteiger partial charge on any atom is -0.373 e. The van der Waals surface area contributed by atoms with Crippen molar-refractivity contribution >= 4 is 5.91 Å². The van der Waals surface area contributed by atoms with Crippen LogP contribution in [0, 0.1) is 11.3 Å². The molecule has 8 heteroatoms. The summed E-state index contributed by atoms with van der Waals surface area (Å²) in [4.78, 5) is 22.6. The van der Waals surface area contributed by atoms with Gasteiger partial charge in [-0.3, -0.25) is 9.69 Å². The van der Waals surface area contributed by atoms with Gasteiger partial charge in [-0.25, -0.2) is 9.97 Å². The molecule has 0 spiro atoms. The van der Waals surface area contributed by atoms with Gasteiger partial charge < -0.3 is 14.6 Å². The first-order valence-electron chi connectivity index (χ1n) is 8.02. The van der Waals surface area contributed by atoms with E-state index in [0.29, 0.717) is 18.7 Å². The summed E-state index contributed by atoms with van der Waals surface area (Å²) >= 11 is 0. The van der Waals surface area contributed by atoms with Crippen LogP contribution in [-0.4, -0.2) is 58.2 Å². The van der Waals surface area contributed by atoms with E-state index in [1.807, 2.05) is 30.9 Å². The summed E-state index contributed by atoms with van der Waals surface area (Å²) in [6.45, 7) is 1.81. The molecule has 1 fully saturated rings. The van der Waals surface area contributed by atoms with Crippen molar-refractivity contribution in [3.8, 4) is 6.07 Å². The Morgan fingerprint density at radius 3 is 2.92 bits per heavy atom. The zero-order chi connectivity index (χ0) is 17.8. The number of aromatic nitrogens is 3. The van der Waals surface area contributed by atoms with Gasteiger partial charge in [-0.05, 0) is 19.2 Å². The maximum Gasteiger partial charge on any atom is 0.252 e. The molecule has 0 bridgehead atoms. The highest BCUT2D eigenvalue weighted by Crippen LogP contribution is 2.27. The Morgan fingerprint density at radius 2 is 2.28 bits per heavy atom. The van der Waals surface area contributed by atoms with Gasteiger partial charge in [0.15, 0.2) is 0 Å². The molecule has 130 valence electrons. The van der Waals surface area contributed by atoms with E-state index in [1.165, 1.54) is 12.3 Å². The molecule has 0 aromatic carbocycles. The standard InChI is InChI=1S/C17H20N6O2/c1-22-5-6-25-15(16(22)14-9-19-11-23(14)2)10-21-17(24)12-3-4-13(7-18)20-8-12/h3-4,8-9,11,15-16H,5-6,10H2,1-2H3,(H,21,24)/t15-,16-/m0/s1. The van der Waals surface area contributed by atoms with E-state index < -0.39 is 0 Å². The number of rotatable bonds is 4. The van der Waals surface area contributed by atoms with Crippen LogP contribution in [-0.2, 0) is 11.8 Å². The van der Waals surface area contributed by atoms with Crippen molar-refractivity contribution in [1.29, 1.82) is 5.26 Å². The third-order valence-electron chi connectivity index (χ3n) is 4.36. The Balaban J connectivity index is 1.68. The first kappa shape index (κ1) is 17.1. The number of pyridine rings is 1. The monoisotopic (exact) mass is 340 g/mol. The fourth-order valence-corrected chi connectivity index (χ4v) is 2.99. The molecule has 3 heterocycles. The van der Waals surface area contributed by atoms with E-state index in [0.717, 1.165) is 12.2 Å². The molecule has 2 atom stereocenters. The van der Waals surface area contributed by atoms with Crippen LogP contribution in [0.3, 0.4) is 0 Å². The first-order valence-corrected chi connectivity index (χ1v) is 8.02. The van der Waals surface area contributed by atoms with Crippen LogP contribution in [0.5, 0.6) is 0 Å². The summed E-state index contributed by atoms with van der Waals surface area (Å²) in [6.07, 6.45) is 4.82. The van der Waals surface area contributed by atoms with Gasteiger partial charge in [0.2, 0.25) is 0 Å². The first-order chi connectivity index (χ1) is 12.1. The van der Waals surface area contributed by atoms with E-state index >= 15 is 0 Å². The van der Waals surface area contributed by atoms with Gasteiger partial charge in [-0.15, -0.1) is 0 Å². The molecule has 3 rings (SSSR count). The average Bonchev–Trinajstić information content (AvgIpc) is 3.05. The lowest BCUT2D eigenvalue weighted by Crippen LogP contribution is -2.48. The number of nitriles is 1. The number of carbonyl (C=O) groups excluding carboxylic acids is 1. The zero-order valence-electron chi connectivity index (χ0n) is 14.2. The highest BCUT2D eigenvalue weighted by molar-refractivity contribution is 5.93. The molecule has 1 saturated heterocycles. The minimum absolute atomic E-state index is 0.0145. The highest BCUT2D eigenvalue weighted by atomic mass is 16.5. The quantitative estimate of drug-likeness (QED) is 0.870. The lowest BCUT2D eigenvalue weighted by Gasteiger charge is -2.39. The van der Waals surface area contributed by atoms with E-state index in [-0.39, 0.29) is 23.7 Å². The van der Waals surface area contributed by atoms with Crippen LogP contribution in [0.15, 0.2) is 30.9 Å². The molecule has 1 N–H and O–H groups in total. The van der Waals surface area contributed by atoms with E-state index in [4.69, 9.17) is 10.00 Å². The number of nitrogens with one attached hydrogen (secondary N) is 1. The Morgan fingerprint density at radius 1 is 1.44 bits per heavy atom. The molecule has 2 aromatic heterocycles. The number of aryl methyl sites for hydroxylation is 1. The molecule has 1 aliphatic rings. The maximum atomic E-state index is 12.3. The molecule has 0 unspecified atom stereocenters. The highest BCUT2D eigenvalue weighted by Gasteiger charge is 2.33. The van der Waals surface area contributed by atoms with Crippen LogP contribution >= 0.6 is 0 Å². The molecule has 2 aromatic rings. The number of amides is 1. The van der Waals surface area contributed by atoms with Gasteiger partial charge in [0, 0.05) is 32.5 Å². The summed E-state index contributed by atoms with van der Waals surface area (Å²) in [7, 11) is 3.99. The predicted molar refractivity (Wildman–Crippen MR) is 89.6 cm³/mol. The third-order valence-corrected chi connectivity index (χ3v) is 4.36. The molecule has 0 aliphatic carbocycles. The average molecular weight is 340 g/mol. The second kappa shape index (κ2) is 7.42. The molecule has 1 aliphatic heterocycles. The summed E-state index contributed by atoms with van der Waals surface area (Å²) in [6, 6.07) is 5.06. The van der Waals surface area contributed by atoms with Crippen molar-refractivity contribution in [2.45, 2.75) is 12.1 Å². The van der Waals surface area contributed by atoms with Crippen molar-refractivity contribution in [2.75, 3.05) is 26.7 Å². The van der Waals surface area contributed by atoms with Gasteiger partial charge in [-0.1, -0.05) is 0 Å². The Hall–Kier alpha value is -2.76. The zero-order valence-corrected chi connectivity index (χ0v) is 14.2. The number of nitrogens with zero attached hydrogens (tertiary/aromatic N) is 5. The molecule has 8 nitrogen and oxygen atoms in total. The number of likely N-dealkylation sites (N-methyl/N-ethyl adjacent to an activating group) is 1. The van der Waals surface area contributed by atoms with Gasteiger partial charge in [-0.2, -0.15) is 5.26 Å². The molecule has 1 amide bonds. The normalized spacial score (nSPS) is 20.8. The summed E-state index contributed by atoms with van der Waals surface area (Å²) in [5.74, 6) is -0.238. The van der Waals surface area contributed by atoms with Gasteiger partial charge >= 0.3 is 0 Å². The second-order valence-corrected chi connectivity index (χ2v) is 6.02. The summed E-state index contributed by atoms with van der Waals surface area (Å²) < 4.78 is 7.87. The van der Waals surface area contributed by atoms with E-state index in [9.17, 15) is 4.79 Å². The number of hydrogen-bond acceptors (Lipinski definition) is 6. The number of imidazole rings is 1. The van der Waals surface area contributed by atoms with Crippen molar-refractivity contribution in [3.05, 3.63) is 47.8 Å². The third kappa shape index (κ3) is 3.68. The number of morpholine rings is 1. The van der Waals surface area contributed by atoms with Crippen LogP contribution in [0.2, 0.25) is 0 Å². The summed E-state index contributed by atoms with van der Waals surface area (Å²) in [5.41, 5.74) is 1.74. The Kier molecular flexibility index (Phi) is 5.07. The second-order valence-electron chi connectivity index (χ2n) is 6.02. The van der Waals surface area contributed by atoms with Crippen molar-refractivity contribution < 1.29 is 9.53 Å². The van der Waals surface area contributed by atoms with Crippen LogP contribution < -0.4 is 5.32 Å². The van der Waals surface area contributed by atoms with Crippen LogP contribution in [0.4, 0.5) is 0 Å². The van der Waals surface area contributed by atoms with Crippen LogP contribution in [0.25, 0.3) is 0 Å². The van der Waals surface area contributed by atoms with E-state index in [1.54, 1.807) is 12.4 Å². The smallest absolute Gasteiger partial charge is 0.252 e. The largest absolute Gasteiger partial charge is 0.373 e. The molecular formula is C17H20N6O2. The van der Waals surface area contributed by atoms with E-state index in [2.05, 4.69) is 20.2 Å². The van der Waals surface area contributed by atoms with Gasteiger partial charge in [0.1, 0.15) is 11.8 Å². The van der Waals surface area contributed by atoms with Crippen molar-refractivity contribution in [2.24, 2.45) is 7.05 Å². The lowest BCUT2D eigenvalue weighted by molar-refractivity contribution is -0.0626. The van der Waals surface area contributed by atoms with Crippen molar-refractivity contribution in [3.63, 3.8) is 0 Å².